The van der Waals surface area contributed by atoms with Crippen molar-refractivity contribution in [1.29, 1.82) is 0 Å². The van der Waals surface area contributed by atoms with Gasteiger partial charge in [-0.25, -0.2) is 4.79 Å². The Balaban J connectivity index is 2.72. The van der Waals surface area contributed by atoms with Crippen molar-refractivity contribution >= 4 is 18.0 Å². The Morgan fingerprint density at radius 2 is 2.50 bits per heavy atom. The van der Waals surface area contributed by atoms with Crippen molar-refractivity contribution < 1.29 is 14.3 Å². The largest absolute Gasteiger partial charge is 0.462 e. The summed E-state index contributed by atoms with van der Waals surface area (Å²) in [5.41, 5.74) is 0.0411. The molecule has 4 heteroatoms. The molecule has 4 nitrogen and oxygen atoms in total. The fourth-order valence-corrected chi connectivity index (χ4v) is 0.820. The van der Waals surface area contributed by atoms with E-state index >= 15 is 0 Å². The van der Waals surface area contributed by atoms with Gasteiger partial charge in [0.05, 0.1) is 6.61 Å². The van der Waals surface area contributed by atoms with Gasteiger partial charge in [-0.3, -0.25) is 9.79 Å². The molecule has 0 fully saturated rings. The number of carbonyl (C=O) groups is 2. The van der Waals surface area contributed by atoms with E-state index in [1.807, 2.05) is 0 Å². The van der Waals surface area contributed by atoms with Gasteiger partial charge in [0.15, 0.2) is 5.78 Å². The average molecular weight is 167 g/mol. The second kappa shape index (κ2) is 3.80. The molecule has 0 bridgehead atoms. The van der Waals surface area contributed by atoms with E-state index in [1.54, 1.807) is 6.92 Å². The van der Waals surface area contributed by atoms with Gasteiger partial charge in [-0.05, 0) is 6.92 Å². The van der Waals surface area contributed by atoms with Crippen molar-refractivity contribution in [1.82, 2.24) is 0 Å². The maximum atomic E-state index is 11.1. The van der Waals surface area contributed by atoms with Crippen LogP contribution in [-0.4, -0.2) is 24.6 Å². The zero-order chi connectivity index (χ0) is 8.97. The lowest BCUT2D eigenvalue weighted by Gasteiger charge is -2.05. The third-order valence-electron chi connectivity index (χ3n) is 1.38. The summed E-state index contributed by atoms with van der Waals surface area (Å²) in [6, 6.07) is 0. The zero-order valence-electron chi connectivity index (χ0n) is 6.74. The number of carbonyl (C=O) groups excluding carboxylic acids is 2. The number of hydrogen-bond donors (Lipinski definition) is 0. The van der Waals surface area contributed by atoms with Crippen molar-refractivity contribution in [3.63, 3.8) is 0 Å². The Kier molecular flexibility index (Phi) is 2.74. The molecule has 0 spiro atoms. The van der Waals surface area contributed by atoms with E-state index in [9.17, 15) is 9.59 Å². The molecule has 1 heterocycles. The van der Waals surface area contributed by atoms with Gasteiger partial charge in [0, 0.05) is 18.8 Å². The van der Waals surface area contributed by atoms with Crippen molar-refractivity contribution in [3.8, 4) is 0 Å². The molecule has 1 rings (SSSR count). The van der Waals surface area contributed by atoms with Gasteiger partial charge in [0.2, 0.25) is 0 Å². The van der Waals surface area contributed by atoms with E-state index in [0.717, 1.165) is 0 Å². The van der Waals surface area contributed by atoms with Crippen LogP contribution >= 0.6 is 0 Å². The molecule has 0 N–H and O–H groups in total. The quantitative estimate of drug-likeness (QED) is 0.444. The highest BCUT2D eigenvalue weighted by molar-refractivity contribution is 6.21. The number of nitrogens with zero attached hydrogens (tertiary/aromatic N) is 1. The third kappa shape index (κ3) is 1.78. The highest BCUT2D eigenvalue weighted by atomic mass is 16.5. The predicted octanol–water partition coefficient (Wildman–Crippen LogP) is 0.477. The van der Waals surface area contributed by atoms with E-state index < -0.39 is 5.97 Å². The summed E-state index contributed by atoms with van der Waals surface area (Å²) in [5, 5.41) is 0. The molecule has 64 valence electrons. The lowest BCUT2D eigenvalue weighted by molar-refractivity contribution is -0.139. The lowest BCUT2D eigenvalue weighted by Crippen LogP contribution is -2.17. The van der Waals surface area contributed by atoms with Crippen molar-refractivity contribution in [2.75, 3.05) is 6.61 Å². The summed E-state index contributed by atoms with van der Waals surface area (Å²) in [4.78, 5) is 25.8. The second-order valence-corrected chi connectivity index (χ2v) is 2.22. The van der Waals surface area contributed by atoms with E-state index in [0.29, 0.717) is 0 Å². The van der Waals surface area contributed by atoms with Crippen LogP contribution in [0.15, 0.2) is 16.8 Å². The van der Waals surface area contributed by atoms with Crippen LogP contribution in [0.4, 0.5) is 0 Å². The molecule has 0 unspecified atom stereocenters. The molecule has 0 saturated carbocycles. The number of Topliss-reactive ketones (excluding diaryl/α,β-unsaturated/α-hetero) is 1. The van der Waals surface area contributed by atoms with Crippen LogP contribution in [0.5, 0.6) is 0 Å². The first kappa shape index (κ1) is 8.64. The normalized spacial score (nSPS) is 15.8. The SMILES string of the molecule is CCOC(=O)C1=CN=CCC1=O. The Morgan fingerprint density at radius 1 is 1.75 bits per heavy atom. The number of esters is 1. The standard InChI is InChI=1S/C8H9NO3/c1-2-12-8(11)6-5-9-4-3-7(6)10/h4-5H,2-3H2,1H3. The Bertz CT molecular complexity index is 265. The minimum Gasteiger partial charge on any atom is -0.462 e. The van der Waals surface area contributed by atoms with Crippen molar-refractivity contribution in [3.05, 3.63) is 11.8 Å². The van der Waals surface area contributed by atoms with Crippen LogP contribution in [0.2, 0.25) is 0 Å². The molecule has 0 aromatic heterocycles. The van der Waals surface area contributed by atoms with Crippen LogP contribution < -0.4 is 0 Å². The summed E-state index contributed by atoms with van der Waals surface area (Å²) in [7, 11) is 0. The van der Waals surface area contributed by atoms with Crippen LogP contribution in [0.1, 0.15) is 13.3 Å². The van der Waals surface area contributed by atoms with Crippen LogP contribution in [0.3, 0.4) is 0 Å². The summed E-state index contributed by atoms with van der Waals surface area (Å²) in [6.45, 7) is 1.96. The summed E-state index contributed by atoms with van der Waals surface area (Å²) >= 11 is 0. The topological polar surface area (TPSA) is 55.7 Å². The number of aliphatic imine (C=N–C) groups is 1. The minimum atomic E-state index is -0.584. The van der Waals surface area contributed by atoms with Gasteiger partial charge in [0.25, 0.3) is 0 Å². The smallest absolute Gasteiger partial charge is 0.343 e. The van der Waals surface area contributed by atoms with Crippen LogP contribution in [-0.2, 0) is 14.3 Å². The van der Waals surface area contributed by atoms with Crippen LogP contribution in [0.25, 0.3) is 0 Å². The zero-order valence-corrected chi connectivity index (χ0v) is 6.74. The van der Waals surface area contributed by atoms with E-state index in [4.69, 9.17) is 0 Å². The number of rotatable bonds is 2. The Hall–Kier alpha value is -1.45. The van der Waals surface area contributed by atoms with E-state index in [-0.39, 0.29) is 24.4 Å². The molecule has 0 amide bonds. The second-order valence-electron chi connectivity index (χ2n) is 2.22. The highest BCUT2D eigenvalue weighted by Crippen LogP contribution is 2.06. The molecule has 12 heavy (non-hydrogen) atoms. The number of ether oxygens (including phenoxy) is 1. The molecule has 0 saturated heterocycles. The van der Waals surface area contributed by atoms with Gasteiger partial charge in [-0.1, -0.05) is 0 Å². The van der Waals surface area contributed by atoms with Gasteiger partial charge < -0.3 is 4.74 Å². The molecule has 0 aromatic rings. The molecule has 0 radical (unpaired) electrons. The van der Waals surface area contributed by atoms with Crippen molar-refractivity contribution in [2.24, 2.45) is 4.99 Å². The highest BCUT2D eigenvalue weighted by Gasteiger charge is 2.19. The predicted molar refractivity (Wildman–Crippen MR) is 42.8 cm³/mol. The molecular formula is C8H9NO3. The summed E-state index contributed by atoms with van der Waals surface area (Å²) in [6.07, 6.45) is 2.89. The van der Waals surface area contributed by atoms with Gasteiger partial charge >= 0.3 is 5.97 Å². The minimum absolute atomic E-state index is 0.0411. The molecular weight excluding hydrogens is 158 g/mol. The molecule has 1 aliphatic heterocycles. The van der Waals surface area contributed by atoms with E-state index in [2.05, 4.69) is 9.73 Å². The molecule has 0 aliphatic carbocycles. The Morgan fingerprint density at radius 3 is 3.08 bits per heavy atom. The fourth-order valence-electron chi connectivity index (χ4n) is 0.820. The first-order valence-corrected chi connectivity index (χ1v) is 3.68. The maximum absolute atomic E-state index is 11.1. The first-order valence-electron chi connectivity index (χ1n) is 3.68. The van der Waals surface area contributed by atoms with Gasteiger partial charge in [0.1, 0.15) is 5.57 Å². The fraction of sp³-hybridized carbons (Fsp3) is 0.375. The summed E-state index contributed by atoms with van der Waals surface area (Å²) in [5.74, 6) is -0.817. The molecule has 0 atom stereocenters. The summed E-state index contributed by atoms with van der Waals surface area (Å²) < 4.78 is 4.65. The number of hydrogen-bond acceptors (Lipinski definition) is 4. The van der Waals surface area contributed by atoms with Crippen LogP contribution in [0, 0.1) is 0 Å². The Labute approximate surface area is 69.9 Å². The first-order chi connectivity index (χ1) is 5.75. The number of ketones is 1. The monoisotopic (exact) mass is 167 g/mol. The van der Waals surface area contributed by atoms with Gasteiger partial charge in [-0.15, -0.1) is 0 Å². The van der Waals surface area contributed by atoms with Gasteiger partial charge in [-0.2, -0.15) is 0 Å². The molecule has 1 aliphatic rings. The average Bonchev–Trinajstić information content (AvgIpc) is 2.05. The molecule has 0 aromatic carbocycles. The lowest BCUT2D eigenvalue weighted by atomic mass is 10.1. The maximum Gasteiger partial charge on any atom is 0.343 e. The van der Waals surface area contributed by atoms with E-state index in [1.165, 1.54) is 12.4 Å². The van der Waals surface area contributed by atoms with Crippen molar-refractivity contribution in [2.45, 2.75) is 13.3 Å². The third-order valence-corrected chi connectivity index (χ3v) is 1.38.